The first kappa shape index (κ1) is 15.3. The van der Waals surface area contributed by atoms with E-state index in [4.69, 9.17) is 9.52 Å². The molecule has 0 aliphatic rings. The standard InChI is InChI=1S/C15H17N5O2S/c1-10-4-7-14-18-15(19-20(14)9-10)17-12-6-5-11(23(3,16)21)8-13(12)22-2/h4-9,16H,1-3H3,(H,17,19). The number of nitrogens with zero attached hydrogens (tertiary/aromatic N) is 3. The van der Waals surface area contributed by atoms with Crippen LogP contribution in [0, 0.1) is 11.7 Å². The van der Waals surface area contributed by atoms with Gasteiger partial charge in [-0.05, 0) is 36.8 Å². The largest absolute Gasteiger partial charge is 0.495 e. The van der Waals surface area contributed by atoms with Gasteiger partial charge in [0.15, 0.2) is 5.65 Å². The molecule has 3 rings (SSSR count). The monoisotopic (exact) mass is 331 g/mol. The van der Waals surface area contributed by atoms with E-state index in [1.54, 1.807) is 22.7 Å². The Morgan fingerprint density at radius 3 is 2.78 bits per heavy atom. The lowest BCUT2D eigenvalue weighted by Gasteiger charge is -2.10. The van der Waals surface area contributed by atoms with Gasteiger partial charge in [-0.15, -0.1) is 5.10 Å². The van der Waals surface area contributed by atoms with Crippen molar-refractivity contribution in [3.63, 3.8) is 0 Å². The highest BCUT2D eigenvalue weighted by atomic mass is 32.2. The molecule has 3 aromatic rings. The van der Waals surface area contributed by atoms with Crippen LogP contribution in [0.4, 0.5) is 11.6 Å². The third-order valence-corrected chi connectivity index (χ3v) is 4.50. The number of hydrogen-bond donors (Lipinski definition) is 2. The summed E-state index contributed by atoms with van der Waals surface area (Å²) >= 11 is 0. The Kier molecular flexibility index (Phi) is 3.69. The fourth-order valence-corrected chi connectivity index (χ4v) is 2.84. The van der Waals surface area contributed by atoms with Crippen molar-refractivity contribution in [2.75, 3.05) is 18.7 Å². The van der Waals surface area contributed by atoms with Gasteiger partial charge >= 0.3 is 0 Å². The number of aryl methyl sites for hydroxylation is 1. The van der Waals surface area contributed by atoms with Crippen LogP contribution in [0.2, 0.25) is 0 Å². The lowest BCUT2D eigenvalue weighted by Crippen LogP contribution is -2.00. The summed E-state index contributed by atoms with van der Waals surface area (Å²) in [6.45, 7) is 1.99. The lowest BCUT2D eigenvalue weighted by atomic mass is 10.3. The molecule has 8 heteroatoms. The fraction of sp³-hybridized carbons (Fsp3) is 0.200. The van der Waals surface area contributed by atoms with E-state index in [0.29, 0.717) is 22.3 Å². The Morgan fingerprint density at radius 2 is 2.09 bits per heavy atom. The number of ether oxygens (including phenoxy) is 1. The number of anilines is 2. The van der Waals surface area contributed by atoms with Crippen LogP contribution in [0.25, 0.3) is 5.65 Å². The van der Waals surface area contributed by atoms with Gasteiger partial charge in [0.2, 0.25) is 5.95 Å². The van der Waals surface area contributed by atoms with Gasteiger partial charge in [0.05, 0.1) is 27.4 Å². The normalized spacial score (nSPS) is 13.7. The van der Waals surface area contributed by atoms with Crippen molar-refractivity contribution in [2.24, 2.45) is 0 Å². The second kappa shape index (κ2) is 5.54. The Hall–Kier alpha value is -2.61. The summed E-state index contributed by atoms with van der Waals surface area (Å²) in [5, 5.41) is 7.45. The smallest absolute Gasteiger partial charge is 0.247 e. The highest BCUT2D eigenvalue weighted by Crippen LogP contribution is 2.29. The molecule has 0 amide bonds. The van der Waals surface area contributed by atoms with Crippen LogP contribution in [-0.4, -0.2) is 32.2 Å². The number of methoxy groups -OCH3 is 1. The molecule has 1 unspecified atom stereocenters. The number of fused-ring (bicyclic) bond motifs is 1. The van der Waals surface area contributed by atoms with Crippen molar-refractivity contribution < 1.29 is 8.95 Å². The van der Waals surface area contributed by atoms with Crippen molar-refractivity contribution >= 4 is 27.0 Å². The van der Waals surface area contributed by atoms with E-state index < -0.39 is 9.73 Å². The van der Waals surface area contributed by atoms with Crippen molar-refractivity contribution in [1.82, 2.24) is 14.6 Å². The Balaban J connectivity index is 1.97. The van der Waals surface area contributed by atoms with Crippen molar-refractivity contribution in [1.29, 1.82) is 4.78 Å². The molecule has 2 aromatic heterocycles. The second-order valence-electron chi connectivity index (χ2n) is 5.28. The third kappa shape index (κ3) is 3.11. The molecule has 0 saturated heterocycles. The first-order chi connectivity index (χ1) is 10.9. The minimum absolute atomic E-state index is 0.415. The van der Waals surface area contributed by atoms with Crippen LogP contribution >= 0.6 is 0 Å². The highest BCUT2D eigenvalue weighted by Gasteiger charge is 2.11. The van der Waals surface area contributed by atoms with E-state index in [-0.39, 0.29) is 0 Å². The topological polar surface area (TPSA) is 92.4 Å². The van der Waals surface area contributed by atoms with Crippen LogP contribution in [0.5, 0.6) is 5.75 Å². The molecule has 2 heterocycles. The van der Waals surface area contributed by atoms with E-state index in [0.717, 1.165) is 11.2 Å². The molecule has 0 bridgehead atoms. The zero-order chi connectivity index (χ0) is 16.6. The summed E-state index contributed by atoms with van der Waals surface area (Å²) in [4.78, 5) is 4.80. The van der Waals surface area contributed by atoms with Gasteiger partial charge < -0.3 is 10.1 Å². The quantitative estimate of drug-likeness (QED) is 0.767. The maximum Gasteiger partial charge on any atom is 0.247 e. The summed E-state index contributed by atoms with van der Waals surface area (Å²) in [5.74, 6) is 0.920. The number of rotatable bonds is 4. The highest BCUT2D eigenvalue weighted by molar-refractivity contribution is 7.91. The van der Waals surface area contributed by atoms with Crippen molar-refractivity contribution in [3.05, 3.63) is 42.1 Å². The first-order valence-electron chi connectivity index (χ1n) is 6.89. The molecule has 0 spiro atoms. The molecule has 23 heavy (non-hydrogen) atoms. The maximum atomic E-state index is 11.8. The fourth-order valence-electron chi connectivity index (χ4n) is 2.18. The summed E-state index contributed by atoms with van der Waals surface area (Å²) in [6.07, 6.45) is 3.26. The molecule has 0 radical (unpaired) electrons. The molecular formula is C15H17N5O2S. The van der Waals surface area contributed by atoms with Gasteiger partial charge in [-0.1, -0.05) is 6.07 Å². The lowest BCUT2D eigenvalue weighted by molar-refractivity contribution is 0.415. The van der Waals surface area contributed by atoms with Gasteiger partial charge in [-0.3, -0.25) is 0 Å². The average molecular weight is 331 g/mol. The summed E-state index contributed by atoms with van der Waals surface area (Å²) in [5.41, 5.74) is 2.47. The predicted octanol–water partition coefficient (Wildman–Crippen LogP) is 2.83. The van der Waals surface area contributed by atoms with Crippen LogP contribution in [-0.2, 0) is 9.73 Å². The van der Waals surface area contributed by atoms with Crippen LogP contribution in [0.1, 0.15) is 5.56 Å². The van der Waals surface area contributed by atoms with Crippen LogP contribution in [0.15, 0.2) is 41.4 Å². The minimum Gasteiger partial charge on any atom is -0.495 e. The van der Waals surface area contributed by atoms with Gasteiger partial charge in [-0.2, -0.15) is 4.98 Å². The average Bonchev–Trinajstić information content (AvgIpc) is 2.87. The third-order valence-electron chi connectivity index (χ3n) is 3.35. The summed E-state index contributed by atoms with van der Waals surface area (Å²) in [6, 6.07) is 8.80. The van der Waals surface area contributed by atoms with Gasteiger partial charge in [0, 0.05) is 12.5 Å². The molecule has 7 nitrogen and oxygen atoms in total. The zero-order valence-corrected chi connectivity index (χ0v) is 13.8. The molecule has 1 aromatic carbocycles. The molecule has 0 saturated carbocycles. The number of benzene rings is 1. The van der Waals surface area contributed by atoms with Crippen LogP contribution in [0.3, 0.4) is 0 Å². The minimum atomic E-state index is -2.79. The number of nitrogens with one attached hydrogen (secondary N) is 2. The zero-order valence-electron chi connectivity index (χ0n) is 13.0. The van der Waals surface area contributed by atoms with Gasteiger partial charge in [-0.25, -0.2) is 13.5 Å². The molecule has 0 fully saturated rings. The molecular weight excluding hydrogens is 314 g/mol. The molecule has 2 N–H and O–H groups in total. The van der Waals surface area contributed by atoms with E-state index in [2.05, 4.69) is 15.4 Å². The summed E-state index contributed by atoms with van der Waals surface area (Å²) < 4.78 is 26.5. The maximum absolute atomic E-state index is 11.8. The SMILES string of the molecule is COc1cc(S(C)(=N)=O)ccc1Nc1nc2ccc(C)cn2n1. The number of pyridine rings is 1. The number of aromatic nitrogens is 3. The molecule has 0 aliphatic heterocycles. The van der Waals surface area contributed by atoms with E-state index in [1.165, 1.54) is 13.4 Å². The second-order valence-corrected chi connectivity index (χ2v) is 7.43. The number of hydrogen-bond acceptors (Lipinski definition) is 6. The van der Waals surface area contributed by atoms with Gasteiger partial charge in [0.1, 0.15) is 5.75 Å². The van der Waals surface area contributed by atoms with Crippen molar-refractivity contribution in [3.8, 4) is 5.75 Å². The Labute approximate surface area is 134 Å². The molecule has 1 atom stereocenters. The van der Waals surface area contributed by atoms with Gasteiger partial charge in [0.25, 0.3) is 0 Å². The Bertz CT molecular complexity index is 979. The van der Waals surface area contributed by atoms with E-state index in [1.807, 2.05) is 25.3 Å². The first-order valence-corrected chi connectivity index (χ1v) is 8.85. The summed E-state index contributed by atoms with van der Waals surface area (Å²) in [7, 11) is -1.27. The van der Waals surface area contributed by atoms with Crippen LogP contribution < -0.4 is 10.1 Å². The van der Waals surface area contributed by atoms with E-state index >= 15 is 0 Å². The predicted molar refractivity (Wildman–Crippen MR) is 89.1 cm³/mol. The molecule has 0 aliphatic carbocycles. The van der Waals surface area contributed by atoms with Crippen molar-refractivity contribution in [2.45, 2.75) is 11.8 Å². The Morgan fingerprint density at radius 1 is 1.30 bits per heavy atom. The molecule has 120 valence electrons. The van der Waals surface area contributed by atoms with E-state index in [9.17, 15) is 4.21 Å².